The van der Waals surface area contributed by atoms with Gasteiger partial charge in [-0.25, -0.2) is 4.98 Å². The maximum absolute atomic E-state index is 12.3. The fourth-order valence-electron chi connectivity index (χ4n) is 4.12. The maximum Gasteiger partial charge on any atom is 0.223 e. The molecule has 1 saturated heterocycles. The minimum Gasteiger partial charge on any atom is -0.343 e. The SMILES string of the molecule is C#CCCC(=O)N1CCC(n2c(Cc3ccccc3)nc3ccccc32)CC1. The zero-order valence-electron chi connectivity index (χ0n) is 16.1. The molecule has 0 N–H and O–H groups in total. The van der Waals surface area contributed by atoms with E-state index in [1.807, 2.05) is 17.0 Å². The number of hydrogen-bond donors (Lipinski definition) is 0. The van der Waals surface area contributed by atoms with E-state index in [1.54, 1.807) is 0 Å². The van der Waals surface area contributed by atoms with Gasteiger partial charge in [-0.1, -0.05) is 42.5 Å². The third-order valence-corrected chi connectivity index (χ3v) is 5.54. The number of fused-ring (bicyclic) bond motifs is 1. The van der Waals surface area contributed by atoms with E-state index in [4.69, 9.17) is 11.4 Å². The van der Waals surface area contributed by atoms with Gasteiger partial charge in [0.25, 0.3) is 0 Å². The molecule has 2 heterocycles. The van der Waals surface area contributed by atoms with Crippen LogP contribution in [0.4, 0.5) is 0 Å². The van der Waals surface area contributed by atoms with E-state index in [2.05, 4.69) is 53.0 Å². The molecule has 0 atom stereocenters. The molecule has 1 aromatic heterocycles. The van der Waals surface area contributed by atoms with Crippen LogP contribution < -0.4 is 0 Å². The molecule has 1 aliphatic heterocycles. The maximum atomic E-state index is 12.3. The molecule has 1 aliphatic rings. The molecule has 0 saturated carbocycles. The fraction of sp³-hybridized carbons (Fsp3) is 0.333. The average Bonchev–Trinajstić information content (AvgIpc) is 3.10. The third-order valence-electron chi connectivity index (χ3n) is 5.54. The molecule has 1 amide bonds. The smallest absolute Gasteiger partial charge is 0.223 e. The Balaban J connectivity index is 1.57. The molecule has 4 rings (SSSR count). The van der Waals surface area contributed by atoms with Gasteiger partial charge < -0.3 is 9.47 Å². The Hall–Kier alpha value is -3.06. The van der Waals surface area contributed by atoms with E-state index >= 15 is 0 Å². The molecule has 0 aliphatic carbocycles. The summed E-state index contributed by atoms with van der Waals surface area (Å²) in [5.74, 6) is 3.84. The Bertz CT molecular complexity index is 992. The predicted octanol–water partition coefficient (Wildman–Crippen LogP) is 4.20. The van der Waals surface area contributed by atoms with Crippen LogP contribution in [-0.4, -0.2) is 33.4 Å². The number of aromatic nitrogens is 2. The van der Waals surface area contributed by atoms with Crippen molar-refractivity contribution in [1.29, 1.82) is 0 Å². The largest absolute Gasteiger partial charge is 0.343 e. The second kappa shape index (κ2) is 8.31. The molecule has 1 fully saturated rings. The highest BCUT2D eigenvalue weighted by molar-refractivity contribution is 5.77. The summed E-state index contributed by atoms with van der Waals surface area (Å²) >= 11 is 0. The summed E-state index contributed by atoms with van der Waals surface area (Å²) < 4.78 is 2.41. The van der Waals surface area contributed by atoms with Crippen LogP contribution in [-0.2, 0) is 11.2 Å². The molecule has 28 heavy (non-hydrogen) atoms. The first-order chi connectivity index (χ1) is 13.8. The summed E-state index contributed by atoms with van der Waals surface area (Å²) in [6.45, 7) is 1.57. The van der Waals surface area contributed by atoms with E-state index in [0.29, 0.717) is 18.9 Å². The molecular weight excluding hydrogens is 346 g/mol. The van der Waals surface area contributed by atoms with Crippen molar-refractivity contribution >= 4 is 16.9 Å². The van der Waals surface area contributed by atoms with Crippen molar-refractivity contribution in [2.75, 3.05) is 13.1 Å². The van der Waals surface area contributed by atoms with Crippen molar-refractivity contribution in [3.8, 4) is 12.3 Å². The Labute approximate surface area is 166 Å². The number of imidazole rings is 1. The summed E-state index contributed by atoms with van der Waals surface area (Å²) in [5, 5.41) is 0. The van der Waals surface area contributed by atoms with Gasteiger partial charge in [-0.3, -0.25) is 4.79 Å². The van der Waals surface area contributed by atoms with E-state index in [9.17, 15) is 4.79 Å². The van der Waals surface area contributed by atoms with Crippen molar-refractivity contribution in [3.63, 3.8) is 0 Å². The first-order valence-corrected chi connectivity index (χ1v) is 9.97. The first kappa shape index (κ1) is 18.3. The number of terminal acetylenes is 1. The normalized spacial score (nSPS) is 14.9. The lowest BCUT2D eigenvalue weighted by Crippen LogP contribution is -2.39. The van der Waals surface area contributed by atoms with Gasteiger partial charge in [0, 0.05) is 38.4 Å². The Kier molecular flexibility index (Phi) is 5.43. The lowest BCUT2D eigenvalue weighted by Gasteiger charge is -2.33. The minimum absolute atomic E-state index is 0.177. The van der Waals surface area contributed by atoms with Crippen molar-refractivity contribution in [3.05, 3.63) is 66.0 Å². The van der Waals surface area contributed by atoms with Crippen molar-refractivity contribution in [2.24, 2.45) is 0 Å². The van der Waals surface area contributed by atoms with Gasteiger partial charge in [0.2, 0.25) is 5.91 Å². The van der Waals surface area contributed by atoms with Crippen molar-refractivity contribution < 1.29 is 4.79 Å². The molecule has 0 bridgehead atoms. The Morgan fingerprint density at radius 3 is 2.54 bits per heavy atom. The second-order valence-corrected chi connectivity index (χ2v) is 7.37. The molecule has 0 radical (unpaired) electrons. The molecule has 4 heteroatoms. The highest BCUT2D eigenvalue weighted by Gasteiger charge is 2.26. The third kappa shape index (κ3) is 3.80. The Morgan fingerprint density at radius 1 is 1.07 bits per heavy atom. The number of carbonyl (C=O) groups excluding carboxylic acids is 1. The van der Waals surface area contributed by atoms with Crippen LogP contribution in [0.2, 0.25) is 0 Å². The summed E-state index contributed by atoms with van der Waals surface area (Å²) in [6.07, 6.45) is 8.98. The number of benzene rings is 2. The number of likely N-dealkylation sites (tertiary alicyclic amines) is 1. The number of amides is 1. The highest BCUT2D eigenvalue weighted by atomic mass is 16.2. The van der Waals surface area contributed by atoms with Crippen LogP contribution in [0.25, 0.3) is 11.0 Å². The van der Waals surface area contributed by atoms with Gasteiger partial charge in [-0.05, 0) is 30.5 Å². The number of piperidine rings is 1. The number of rotatable bonds is 5. The zero-order chi connectivity index (χ0) is 19.3. The second-order valence-electron chi connectivity index (χ2n) is 7.37. The highest BCUT2D eigenvalue weighted by Crippen LogP contribution is 2.30. The summed E-state index contributed by atoms with van der Waals surface area (Å²) in [5.41, 5.74) is 3.49. The monoisotopic (exact) mass is 371 g/mol. The van der Waals surface area contributed by atoms with Crippen molar-refractivity contribution in [2.45, 2.75) is 38.1 Å². The molecule has 0 spiro atoms. The predicted molar refractivity (Wildman–Crippen MR) is 112 cm³/mol. The van der Waals surface area contributed by atoms with E-state index in [0.717, 1.165) is 43.7 Å². The molecule has 142 valence electrons. The van der Waals surface area contributed by atoms with Crippen LogP contribution in [0, 0.1) is 12.3 Å². The van der Waals surface area contributed by atoms with E-state index in [-0.39, 0.29) is 5.91 Å². The minimum atomic E-state index is 0.177. The standard InChI is InChI=1S/C24H25N3O/c1-2-3-13-24(28)26-16-14-20(15-17-26)27-22-12-8-7-11-21(22)25-23(27)18-19-9-5-4-6-10-19/h1,4-12,20H,3,13-18H2. The average molecular weight is 371 g/mol. The molecular formula is C24H25N3O. The molecule has 4 nitrogen and oxygen atoms in total. The quantitative estimate of drug-likeness (QED) is 0.630. The van der Waals surface area contributed by atoms with Crippen LogP contribution >= 0.6 is 0 Å². The lowest BCUT2D eigenvalue weighted by atomic mass is 10.0. The van der Waals surface area contributed by atoms with Gasteiger partial charge in [-0.15, -0.1) is 12.3 Å². The Morgan fingerprint density at radius 2 is 1.79 bits per heavy atom. The van der Waals surface area contributed by atoms with Gasteiger partial charge in [0.1, 0.15) is 5.82 Å². The fourth-order valence-corrected chi connectivity index (χ4v) is 4.12. The van der Waals surface area contributed by atoms with Gasteiger partial charge >= 0.3 is 0 Å². The molecule has 3 aromatic rings. The van der Waals surface area contributed by atoms with Gasteiger partial charge in [0.15, 0.2) is 0 Å². The molecule has 2 aromatic carbocycles. The van der Waals surface area contributed by atoms with E-state index in [1.165, 1.54) is 11.1 Å². The number of nitrogens with zero attached hydrogens (tertiary/aromatic N) is 3. The number of hydrogen-bond acceptors (Lipinski definition) is 2. The topological polar surface area (TPSA) is 38.1 Å². The number of carbonyl (C=O) groups is 1. The number of para-hydroxylation sites is 2. The summed E-state index contributed by atoms with van der Waals surface area (Å²) in [6, 6.07) is 19.2. The lowest BCUT2D eigenvalue weighted by molar-refractivity contribution is -0.132. The first-order valence-electron chi connectivity index (χ1n) is 9.97. The van der Waals surface area contributed by atoms with Crippen LogP contribution in [0.15, 0.2) is 54.6 Å². The zero-order valence-corrected chi connectivity index (χ0v) is 16.1. The van der Waals surface area contributed by atoms with E-state index < -0.39 is 0 Å². The molecule has 0 unspecified atom stereocenters. The van der Waals surface area contributed by atoms with Gasteiger partial charge in [-0.2, -0.15) is 0 Å². The summed E-state index contributed by atoms with van der Waals surface area (Å²) in [4.78, 5) is 19.2. The summed E-state index contributed by atoms with van der Waals surface area (Å²) in [7, 11) is 0. The van der Waals surface area contributed by atoms with Crippen LogP contribution in [0.5, 0.6) is 0 Å². The van der Waals surface area contributed by atoms with Crippen LogP contribution in [0.3, 0.4) is 0 Å². The van der Waals surface area contributed by atoms with Gasteiger partial charge in [0.05, 0.1) is 11.0 Å². The van der Waals surface area contributed by atoms with Crippen molar-refractivity contribution in [1.82, 2.24) is 14.5 Å². The van der Waals surface area contributed by atoms with Crippen LogP contribution in [0.1, 0.15) is 43.1 Å².